The highest BCUT2D eigenvalue weighted by Gasteiger charge is 2.33. The molecule has 1 amide bonds. The smallest absolute Gasteiger partial charge is 0.252 e. The second-order valence-electron chi connectivity index (χ2n) is 7.47. The van der Waals surface area contributed by atoms with Crippen molar-refractivity contribution in [3.63, 3.8) is 0 Å². The number of rotatable bonds is 3. The summed E-state index contributed by atoms with van der Waals surface area (Å²) in [6.45, 7) is 2.43. The van der Waals surface area contributed by atoms with Crippen LogP contribution in [0.2, 0.25) is 0 Å². The molecule has 6 nitrogen and oxygen atoms in total. The van der Waals surface area contributed by atoms with Gasteiger partial charge in [-0.1, -0.05) is 23.5 Å². The van der Waals surface area contributed by atoms with E-state index in [0.29, 0.717) is 24.2 Å². The van der Waals surface area contributed by atoms with Gasteiger partial charge in [-0.15, -0.1) is 0 Å². The van der Waals surface area contributed by atoms with Gasteiger partial charge in [-0.05, 0) is 55.7 Å². The van der Waals surface area contributed by atoms with Gasteiger partial charge in [0.2, 0.25) is 10.0 Å². The molecule has 0 saturated carbocycles. The molecule has 1 atom stereocenters. The summed E-state index contributed by atoms with van der Waals surface area (Å²) in [7, 11) is -1.90. The van der Waals surface area contributed by atoms with E-state index in [-0.39, 0.29) is 17.3 Å². The van der Waals surface area contributed by atoms with Gasteiger partial charge in [0.05, 0.1) is 21.0 Å². The van der Waals surface area contributed by atoms with E-state index in [9.17, 15) is 17.6 Å². The van der Waals surface area contributed by atoms with Crippen molar-refractivity contribution in [3.05, 3.63) is 58.6 Å². The molecule has 1 aliphatic heterocycles. The Bertz CT molecular complexity index is 1280. The average molecular weight is 448 g/mol. The fourth-order valence-corrected chi connectivity index (χ4v) is 6.43. The first-order chi connectivity index (χ1) is 14.3. The number of para-hydroxylation sites is 1. The van der Waals surface area contributed by atoms with Crippen LogP contribution in [0.5, 0.6) is 0 Å². The van der Waals surface area contributed by atoms with Crippen LogP contribution in [-0.4, -0.2) is 36.3 Å². The first-order valence-electron chi connectivity index (χ1n) is 9.67. The maximum absolute atomic E-state index is 13.2. The second-order valence-corrected chi connectivity index (χ2v) is 10.4. The minimum Gasteiger partial charge on any atom is -0.319 e. The number of carbonyl (C=O) groups excluding carboxylic acids is 1. The summed E-state index contributed by atoms with van der Waals surface area (Å²) in [4.78, 5) is 17.9. The SMILES string of the molecule is Cc1cccc2sc(=NC(=O)C3CCCN(S(=O)(=O)c4ccc(F)cc4)C3)n(C)c12. The first-order valence-corrected chi connectivity index (χ1v) is 11.9. The van der Waals surface area contributed by atoms with E-state index in [0.717, 1.165) is 27.9 Å². The number of nitrogens with zero attached hydrogens (tertiary/aromatic N) is 3. The van der Waals surface area contributed by atoms with Crippen LogP contribution in [0.4, 0.5) is 4.39 Å². The van der Waals surface area contributed by atoms with Crippen molar-refractivity contribution in [3.8, 4) is 0 Å². The first kappa shape index (κ1) is 20.9. The summed E-state index contributed by atoms with van der Waals surface area (Å²) in [5.74, 6) is -1.31. The predicted octanol–water partition coefficient (Wildman–Crippen LogP) is 3.22. The van der Waals surface area contributed by atoms with E-state index < -0.39 is 21.8 Å². The Morgan fingerprint density at radius 1 is 1.20 bits per heavy atom. The van der Waals surface area contributed by atoms with Crippen molar-refractivity contribution in [2.24, 2.45) is 18.0 Å². The fourth-order valence-electron chi connectivity index (χ4n) is 3.81. The third-order valence-corrected chi connectivity index (χ3v) is 8.39. The second kappa shape index (κ2) is 8.05. The molecule has 30 heavy (non-hydrogen) atoms. The molecule has 1 aromatic heterocycles. The minimum atomic E-state index is -3.78. The molecule has 0 N–H and O–H groups in total. The number of thiazole rings is 1. The summed E-state index contributed by atoms with van der Waals surface area (Å²) >= 11 is 1.44. The van der Waals surface area contributed by atoms with Gasteiger partial charge < -0.3 is 4.57 Å². The van der Waals surface area contributed by atoms with Gasteiger partial charge in [0.1, 0.15) is 5.82 Å². The number of sulfonamides is 1. The summed E-state index contributed by atoms with van der Waals surface area (Å²) in [5.41, 5.74) is 2.15. The van der Waals surface area contributed by atoms with Crippen LogP contribution in [0.25, 0.3) is 10.2 Å². The Hall–Kier alpha value is -2.36. The van der Waals surface area contributed by atoms with Gasteiger partial charge in [-0.25, -0.2) is 12.8 Å². The van der Waals surface area contributed by atoms with Crippen LogP contribution in [0.1, 0.15) is 18.4 Å². The highest BCUT2D eigenvalue weighted by Crippen LogP contribution is 2.25. The standard InChI is InChI=1S/C21H22FN3O3S2/c1-14-5-3-7-18-19(14)24(2)21(29-18)23-20(26)15-6-4-12-25(13-15)30(27,28)17-10-8-16(22)9-11-17/h3,5,7-11,15H,4,6,12-13H2,1-2H3. The van der Waals surface area contributed by atoms with Crippen LogP contribution in [0.3, 0.4) is 0 Å². The lowest BCUT2D eigenvalue weighted by atomic mass is 9.99. The quantitative estimate of drug-likeness (QED) is 0.619. The molecule has 9 heteroatoms. The maximum atomic E-state index is 13.2. The maximum Gasteiger partial charge on any atom is 0.252 e. The number of amides is 1. The summed E-state index contributed by atoms with van der Waals surface area (Å²) in [6, 6.07) is 10.7. The van der Waals surface area contributed by atoms with Crippen molar-refractivity contribution < 1.29 is 17.6 Å². The van der Waals surface area contributed by atoms with Crippen LogP contribution in [-0.2, 0) is 21.9 Å². The van der Waals surface area contributed by atoms with Gasteiger partial charge in [0, 0.05) is 20.1 Å². The summed E-state index contributed by atoms with van der Waals surface area (Å²) in [6.07, 6.45) is 1.16. The molecule has 2 heterocycles. The molecule has 158 valence electrons. The van der Waals surface area contributed by atoms with E-state index in [4.69, 9.17) is 0 Å². The summed E-state index contributed by atoms with van der Waals surface area (Å²) < 4.78 is 43.2. The summed E-state index contributed by atoms with van der Waals surface area (Å²) in [5, 5.41) is 0. The van der Waals surface area contributed by atoms with Crippen molar-refractivity contribution in [2.45, 2.75) is 24.7 Å². The van der Waals surface area contributed by atoms with Crippen molar-refractivity contribution >= 4 is 37.5 Å². The Balaban J connectivity index is 1.60. The monoisotopic (exact) mass is 447 g/mol. The number of hydrogen-bond acceptors (Lipinski definition) is 4. The van der Waals surface area contributed by atoms with Crippen molar-refractivity contribution in [2.75, 3.05) is 13.1 Å². The number of aryl methyl sites for hydroxylation is 2. The molecular formula is C21H22FN3O3S2. The van der Waals surface area contributed by atoms with Crippen LogP contribution < -0.4 is 4.80 Å². The number of piperidine rings is 1. The molecule has 1 aliphatic rings. The molecule has 3 aromatic rings. The minimum absolute atomic E-state index is 0.0281. The van der Waals surface area contributed by atoms with Gasteiger partial charge in [-0.2, -0.15) is 9.30 Å². The van der Waals surface area contributed by atoms with Gasteiger partial charge in [0.15, 0.2) is 4.80 Å². The molecule has 1 saturated heterocycles. The zero-order valence-corrected chi connectivity index (χ0v) is 18.3. The lowest BCUT2D eigenvalue weighted by molar-refractivity contribution is -0.122. The predicted molar refractivity (Wildman–Crippen MR) is 114 cm³/mol. The number of halogens is 1. The van der Waals surface area contributed by atoms with E-state index in [1.165, 1.54) is 27.8 Å². The molecule has 0 aliphatic carbocycles. The zero-order chi connectivity index (χ0) is 21.5. The van der Waals surface area contributed by atoms with Crippen molar-refractivity contribution in [1.82, 2.24) is 8.87 Å². The molecule has 1 unspecified atom stereocenters. The number of hydrogen-bond donors (Lipinski definition) is 0. The number of carbonyl (C=O) groups is 1. The number of fused-ring (bicyclic) bond motifs is 1. The topological polar surface area (TPSA) is 71.7 Å². The Morgan fingerprint density at radius 2 is 1.93 bits per heavy atom. The van der Waals surface area contributed by atoms with Gasteiger partial charge in [-0.3, -0.25) is 4.79 Å². The van der Waals surface area contributed by atoms with Crippen LogP contribution in [0.15, 0.2) is 52.4 Å². The van der Waals surface area contributed by atoms with Crippen LogP contribution in [0, 0.1) is 18.7 Å². The van der Waals surface area contributed by atoms with Gasteiger partial charge >= 0.3 is 0 Å². The van der Waals surface area contributed by atoms with E-state index in [1.807, 2.05) is 36.7 Å². The molecule has 0 spiro atoms. The molecule has 1 fully saturated rings. The van der Waals surface area contributed by atoms with Crippen molar-refractivity contribution in [1.29, 1.82) is 0 Å². The number of benzene rings is 2. The van der Waals surface area contributed by atoms with Crippen LogP contribution >= 0.6 is 11.3 Å². The highest BCUT2D eigenvalue weighted by atomic mass is 32.2. The largest absolute Gasteiger partial charge is 0.319 e. The Labute approximate surface area is 178 Å². The lowest BCUT2D eigenvalue weighted by Crippen LogP contribution is -2.42. The normalized spacial score (nSPS) is 18.8. The molecule has 4 rings (SSSR count). The van der Waals surface area contributed by atoms with E-state index >= 15 is 0 Å². The molecule has 2 aromatic carbocycles. The van der Waals surface area contributed by atoms with Gasteiger partial charge in [0.25, 0.3) is 5.91 Å². The highest BCUT2D eigenvalue weighted by molar-refractivity contribution is 7.89. The van der Waals surface area contributed by atoms with E-state index in [2.05, 4.69) is 4.99 Å². The average Bonchev–Trinajstić information content (AvgIpc) is 3.05. The molecular weight excluding hydrogens is 425 g/mol. The third-order valence-electron chi connectivity index (χ3n) is 5.41. The third kappa shape index (κ3) is 3.84. The number of aromatic nitrogens is 1. The fraction of sp³-hybridized carbons (Fsp3) is 0.333. The Morgan fingerprint density at radius 3 is 2.63 bits per heavy atom. The lowest BCUT2D eigenvalue weighted by Gasteiger charge is -2.30. The van der Waals surface area contributed by atoms with E-state index in [1.54, 1.807) is 0 Å². The Kier molecular flexibility index (Phi) is 5.61. The molecule has 0 bridgehead atoms. The molecule has 0 radical (unpaired) electrons. The zero-order valence-electron chi connectivity index (χ0n) is 16.7.